The highest BCUT2D eigenvalue weighted by Gasteiger charge is 2.47. The summed E-state index contributed by atoms with van der Waals surface area (Å²) in [5.41, 5.74) is 32.5. The summed E-state index contributed by atoms with van der Waals surface area (Å²) < 4.78 is 0. The number of hydrogen-bond donors (Lipinski definition) is 0. The molecule has 0 aromatic heterocycles. The highest BCUT2D eigenvalue weighted by atomic mass is 15.2. The van der Waals surface area contributed by atoms with Crippen LogP contribution in [-0.2, 0) is 23.7 Å². The van der Waals surface area contributed by atoms with Crippen LogP contribution in [-0.4, -0.2) is 0 Å². The molecule has 494 valence electrons. The molecule has 0 spiro atoms. The van der Waals surface area contributed by atoms with Crippen molar-refractivity contribution in [1.29, 1.82) is 0 Å². The lowest BCUT2D eigenvalue weighted by Gasteiger charge is -2.35. The van der Waals surface area contributed by atoms with E-state index < -0.39 is 10.8 Å². The minimum atomic E-state index is -0.508. The van der Waals surface area contributed by atoms with Gasteiger partial charge in [-0.3, -0.25) is 0 Å². The number of hydrogen-bond acceptors (Lipinski definition) is 2. The third kappa shape index (κ3) is 10.8. The first-order chi connectivity index (χ1) is 51.2. The Balaban J connectivity index is 0.813. The first-order valence-electron chi connectivity index (χ1n) is 36.3. The summed E-state index contributed by atoms with van der Waals surface area (Å²) in [6, 6.07) is 137. The van der Waals surface area contributed by atoms with Crippen molar-refractivity contribution in [2.24, 2.45) is 0 Å². The summed E-state index contributed by atoms with van der Waals surface area (Å²) >= 11 is 0. The summed E-state index contributed by atoms with van der Waals surface area (Å²) in [5, 5.41) is 4.62. The standard InChI is InChI=1S/C102H76N2/c1-5-71-37-41-73(42-38-71)67-101(79-49-33-69(3)34-50-79)95-31-19-17-27-89(95)91-59-57-83(65-97(91)101)103(81-53-45-77(46-54-81)75-21-9-7-10-22-75)99-63-61-87(85-25-13-15-29-93(85)99)88-62-64-100(94-30-16-14-26-86(88)94)104(82-55-47-78(48-56-82)76-23-11-8-12-24-76)84-58-60-92-90-28-18-20-32-96(90)102(98(92)66-84,80-51-35-70(4)36-52-80)68-74-43-39-72(6-2)40-44-74/h5-66H,1-2,67-68H2,3-4H3. The SMILES string of the molecule is C=Cc1ccc(CC2(c3ccc(C)cc3)c3ccccc3-c3ccc(N(c4ccc(-c5ccccc5)cc4)c4ccc(-c5ccc(N(c6ccc(-c7ccccc7)cc6)c6ccc7c(c6)C(Cc6ccc(C=C)cc6)(c6ccc(C)cc6)c6ccccc6-7)c6ccccc56)c5ccccc45)cc32)cc1. The maximum Gasteiger partial charge on any atom is 0.0540 e. The fourth-order valence-electron chi connectivity index (χ4n) is 17.2. The quantitative estimate of drug-likeness (QED) is 0.0896. The zero-order valence-electron chi connectivity index (χ0n) is 58.5. The molecule has 2 atom stereocenters. The Hall–Kier alpha value is -12.9. The largest absolute Gasteiger partial charge is 0.310 e. The van der Waals surface area contributed by atoms with Gasteiger partial charge in [0, 0.05) is 33.5 Å². The van der Waals surface area contributed by atoms with Gasteiger partial charge in [0.1, 0.15) is 0 Å². The van der Waals surface area contributed by atoms with Gasteiger partial charge in [-0.25, -0.2) is 0 Å². The van der Waals surface area contributed by atoms with E-state index in [4.69, 9.17) is 0 Å². The van der Waals surface area contributed by atoms with Gasteiger partial charge in [-0.05, 0) is 209 Å². The van der Waals surface area contributed by atoms with Gasteiger partial charge in [-0.1, -0.05) is 340 Å². The molecule has 2 unspecified atom stereocenters. The molecule has 0 bridgehead atoms. The van der Waals surface area contributed by atoms with Crippen molar-refractivity contribution in [1.82, 2.24) is 0 Å². The fraction of sp³-hybridized carbons (Fsp3) is 0.0588. The molecule has 2 heteroatoms. The lowest BCUT2D eigenvalue weighted by molar-refractivity contribution is 0.629. The zero-order valence-corrected chi connectivity index (χ0v) is 58.5. The molecule has 0 amide bonds. The van der Waals surface area contributed by atoms with Crippen molar-refractivity contribution in [3.05, 3.63) is 444 Å². The molecule has 0 N–H and O–H groups in total. The normalized spacial score (nSPS) is 14.7. The number of fused-ring (bicyclic) bond motifs is 8. The molecule has 16 aromatic rings. The molecule has 0 saturated carbocycles. The second kappa shape index (κ2) is 26.3. The third-order valence-electron chi connectivity index (χ3n) is 22.3. The second-order valence-electron chi connectivity index (χ2n) is 28.2. The van der Waals surface area contributed by atoms with Crippen molar-refractivity contribution < 1.29 is 0 Å². The molecule has 0 aliphatic heterocycles. The third-order valence-corrected chi connectivity index (χ3v) is 22.3. The van der Waals surface area contributed by atoms with Crippen molar-refractivity contribution in [3.8, 4) is 55.6 Å². The topological polar surface area (TPSA) is 6.48 Å². The molecule has 2 aliphatic carbocycles. The number of benzene rings is 16. The minimum absolute atomic E-state index is 0.508. The number of rotatable bonds is 17. The average molecular weight is 1330 g/mol. The molecule has 104 heavy (non-hydrogen) atoms. The smallest absolute Gasteiger partial charge is 0.0540 e. The summed E-state index contributed by atoms with van der Waals surface area (Å²) in [6.07, 6.45) is 5.41. The van der Waals surface area contributed by atoms with Gasteiger partial charge in [-0.15, -0.1) is 0 Å². The predicted molar refractivity (Wildman–Crippen MR) is 441 cm³/mol. The molecule has 18 rings (SSSR count). The Morgan fingerprint density at radius 2 is 0.577 bits per heavy atom. The molecule has 2 nitrogen and oxygen atoms in total. The first kappa shape index (κ1) is 63.3. The van der Waals surface area contributed by atoms with Crippen molar-refractivity contribution in [3.63, 3.8) is 0 Å². The lowest BCUT2D eigenvalue weighted by atomic mass is 9.68. The Morgan fingerprint density at radius 3 is 0.962 bits per heavy atom. The van der Waals surface area contributed by atoms with Crippen molar-refractivity contribution >= 4 is 67.8 Å². The van der Waals surface area contributed by atoms with E-state index in [9.17, 15) is 0 Å². The van der Waals surface area contributed by atoms with Crippen LogP contribution in [0.2, 0.25) is 0 Å². The first-order valence-corrected chi connectivity index (χ1v) is 36.3. The molecule has 0 radical (unpaired) electrons. The van der Waals surface area contributed by atoms with Gasteiger partial charge in [0.05, 0.1) is 22.2 Å². The number of aryl methyl sites for hydroxylation is 2. The van der Waals surface area contributed by atoms with Gasteiger partial charge < -0.3 is 9.80 Å². The van der Waals surface area contributed by atoms with Crippen molar-refractivity contribution in [2.75, 3.05) is 9.80 Å². The Kier molecular flexibility index (Phi) is 16.0. The Morgan fingerprint density at radius 1 is 0.260 bits per heavy atom. The molecular weight excluding hydrogens is 1250 g/mol. The number of nitrogens with zero attached hydrogens (tertiary/aromatic N) is 2. The van der Waals surface area contributed by atoms with Gasteiger partial charge in [0.15, 0.2) is 0 Å². The lowest BCUT2D eigenvalue weighted by Crippen LogP contribution is -2.30. The average Bonchev–Trinajstić information content (AvgIpc) is 1.56. The van der Waals surface area contributed by atoms with Crippen LogP contribution in [0.4, 0.5) is 34.1 Å². The molecule has 0 heterocycles. The predicted octanol–water partition coefficient (Wildman–Crippen LogP) is 27.0. The van der Waals surface area contributed by atoms with Crippen LogP contribution in [0, 0.1) is 13.8 Å². The van der Waals surface area contributed by atoms with E-state index >= 15 is 0 Å². The maximum absolute atomic E-state index is 4.11. The summed E-state index contributed by atoms with van der Waals surface area (Å²) in [7, 11) is 0. The van der Waals surface area contributed by atoms with E-state index in [1.165, 1.54) is 100 Å². The zero-order chi connectivity index (χ0) is 69.9. The minimum Gasteiger partial charge on any atom is -0.310 e. The highest BCUT2D eigenvalue weighted by Crippen LogP contribution is 2.59. The molecule has 0 saturated heterocycles. The van der Waals surface area contributed by atoms with Crippen LogP contribution in [0.25, 0.3) is 89.3 Å². The molecule has 0 fully saturated rings. The van der Waals surface area contributed by atoms with Crippen LogP contribution in [0.3, 0.4) is 0 Å². The van der Waals surface area contributed by atoms with Gasteiger partial charge in [0.2, 0.25) is 0 Å². The van der Waals surface area contributed by atoms with E-state index in [0.717, 1.165) is 90.8 Å². The molecule has 16 aromatic carbocycles. The van der Waals surface area contributed by atoms with E-state index in [0.29, 0.717) is 0 Å². The van der Waals surface area contributed by atoms with Gasteiger partial charge in [0.25, 0.3) is 0 Å². The van der Waals surface area contributed by atoms with Crippen LogP contribution in [0.1, 0.15) is 66.8 Å². The summed E-state index contributed by atoms with van der Waals surface area (Å²) in [5.74, 6) is 0. The summed E-state index contributed by atoms with van der Waals surface area (Å²) in [4.78, 5) is 5.01. The van der Waals surface area contributed by atoms with E-state index in [1.54, 1.807) is 0 Å². The van der Waals surface area contributed by atoms with Gasteiger partial charge in [-0.2, -0.15) is 0 Å². The molecule has 2 aliphatic rings. The maximum atomic E-state index is 4.11. The highest BCUT2D eigenvalue weighted by molar-refractivity contribution is 6.13. The van der Waals surface area contributed by atoms with Crippen molar-refractivity contribution in [2.45, 2.75) is 37.5 Å². The van der Waals surface area contributed by atoms with E-state index in [-0.39, 0.29) is 0 Å². The summed E-state index contributed by atoms with van der Waals surface area (Å²) in [6.45, 7) is 12.6. The van der Waals surface area contributed by atoms with E-state index in [1.807, 2.05) is 12.2 Å². The van der Waals surface area contributed by atoms with Crippen LogP contribution in [0.5, 0.6) is 0 Å². The Labute approximate surface area is 610 Å². The van der Waals surface area contributed by atoms with Crippen LogP contribution < -0.4 is 9.80 Å². The second-order valence-corrected chi connectivity index (χ2v) is 28.2. The van der Waals surface area contributed by atoms with Crippen LogP contribution in [0.15, 0.2) is 377 Å². The monoisotopic (exact) mass is 1330 g/mol. The fourth-order valence-corrected chi connectivity index (χ4v) is 17.2. The number of anilines is 6. The van der Waals surface area contributed by atoms with Gasteiger partial charge >= 0.3 is 0 Å². The Bertz CT molecular complexity index is 5560. The van der Waals surface area contributed by atoms with Crippen LogP contribution >= 0.6 is 0 Å². The van der Waals surface area contributed by atoms with E-state index in [2.05, 4.69) is 401 Å². The molecular formula is C102H76N2.